The average molecular weight is 243 g/mol. The zero-order valence-electron chi connectivity index (χ0n) is 10.4. The van der Waals surface area contributed by atoms with Gasteiger partial charge in [0.15, 0.2) is 5.78 Å². The zero-order valence-corrected chi connectivity index (χ0v) is 10.4. The van der Waals surface area contributed by atoms with E-state index >= 15 is 0 Å². The molecule has 1 heterocycles. The highest BCUT2D eigenvalue weighted by molar-refractivity contribution is 5.95. The molecule has 92 valence electrons. The van der Waals surface area contributed by atoms with Crippen molar-refractivity contribution in [3.8, 4) is 0 Å². The van der Waals surface area contributed by atoms with Crippen LogP contribution in [0.2, 0.25) is 0 Å². The number of hydrogen-bond acceptors (Lipinski definition) is 2. The summed E-state index contributed by atoms with van der Waals surface area (Å²) in [5.41, 5.74) is 3.61. The Labute approximate surface area is 105 Å². The van der Waals surface area contributed by atoms with Gasteiger partial charge < -0.3 is 0 Å². The van der Waals surface area contributed by atoms with E-state index in [-0.39, 0.29) is 5.78 Å². The summed E-state index contributed by atoms with van der Waals surface area (Å²) < 4.78 is 12.7. The van der Waals surface area contributed by atoms with E-state index in [1.54, 1.807) is 0 Å². The molecule has 2 aromatic rings. The molecule has 0 aliphatic heterocycles. The van der Waals surface area contributed by atoms with Gasteiger partial charge in [-0.05, 0) is 42.7 Å². The van der Waals surface area contributed by atoms with E-state index in [0.29, 0.717) is 12.1 Å². The van der Waals surface area contributed by atoms with Crippen molar-refractivity contribution in [2.75, 3.05) is 0 Å². The maximum atomic E-state index is 12.7. The van der Waals surface area contributed by atoms with Crippen LogP contribution in [0.25, 0.3) is 0 Å². The molecular weight excluding hydrogens is 229 g/mol. The van der Waals surface area contributed by atoms with E-state index in [9.17, 15) is 9.18 Å². The van der Waals surface area contributed by atoms with E-state index in [0.717, 1.165) is 17.3 Å². The number of Topliss-reactive ketones (excluding diaryl/α,β-unsaturated/α-hetero) is 1. The van der Waals surface area contributed by atoms with E-state index in [4.69, 9.17) is 0 Å². The predicted octanol–water partition coefficient (Wildman–Crippen LogP) is 3.26. The van der Waals surface area contributed by atoms with E-state index in [2.05, 4.69) is 4.98 Å². The highest BCUT2D eigenvalue weighted by Crippen LogP contribution is 2.12. The normalized spacial score (nSPS) is 10.4. The molecule has 0 radical (unpaired) electrons. The quantitative estimate of drug-likeness (QED) is 0.774. The molecule has 0 atom stereocenters. The Morgan fingerprint density at radius 2 is 1.94 bits per heavy atom. The summed E-state index contributed by atoms with van der Waals surface area (Å²) in [5, 5.41) is 0. The van der Waals surface area contributed by atoms with Crippen molar-refractivity contribution < 1.29 is 9.18 Å². The summed E-state index contributed by atoms with van der Waals surface area (Å²) in [4.78, 5) is 15.7. The minimum atomic E-state index is -0.433. The second-order valence-electron chi connectivity index (χ2n) is 4.38. The van der Waals surface area contributed by atoms with Gasteiger partial charge in [-0.1, -0.05) is 18.2 Å². The summed E-state index contributed by atoms with van der Waals surface area (Å²) in [5.74, 6) is -0.531. The summed E-state index contributed by atoms with van der Waals surface area (Å²) >= 11 is 0. The first-order valence-electron chi connectivity index (χ1n) is 5.77. The number of carbonyl (C=O) groups excluding carboxylic acids is 1. The molecule has 2 nitrogen and oxygen atoms in total. The topological polar surface area (TPSA) is 30.0 Å². The lowest BCUT2D eigenvalue weighted by Crippen LogP contribution is -2.06. The van der Waals surface area contributed by atoms with Gasteiger partial charge in [0, 0.05) is 6.42 Å². The minimum absolute atomic E-state index is 0.0988. The van der Waals surface area contributed by atoms with Crippen LogP contribution in [0.3, 0.4) is 0 Å². The number of aryl methyl sites for hydroxylation is 2. The molecule has 1 aromatic carbocycles. The molecule has 0 N–H and O–H groups in total. The van der Waals surface area contributed by atoms with Gasteiger partial charge in [0.1, 0.15) is 11.5 Å². The van der Waals surface area contributed by atoms with Crippen LogP contribution in [-0.2, 0) is 6.42 Å². The summed E-state index contributed by atoms with van der Waals surface area (Å²) in [7, 11) is 0. The van der Waals surface area contributed by atoms with Crippen LogP contribution in [0.4, 0.5) is 4.39 Å². The Morgan fingerprint density at radius 1 is 1.17 bits per heavy atom. The van der Waals surface area contributed by atoms with Gasteiger partial charge >= 0.3 is 0 Å². The molecule has 0 aliphatic rings. The molecule has 0 bridgehead atoms. The van der Waals surface area contributed by atoms with Gasteiger partial charge in [-0.3, -0.25) is 9.78 Å². The fourth-order valence-corrected chi connectivity index (χ4v) is 1.73. The first-order chi connectivity index (χ1) is 8.56. The summed E-state index contributed by atoms with van der Waals surface area (Å²) in [6, 6.07) is 8.59. The molecule has 3 heteroatoms. The van der Waals surface area contributed by atoms with Crippen molar-refractivity contribution in [1.82, 2.24) is 4.98 Å². The molecule has 0 fully saturated rings. The number of ketones is 1. The third kappa shape index (κ3) is 2.80. The Balaban J connectivity index is 2.16. The number of hydrogen-bond donors (Lipinski definition) is 0. The highest BCUT2D eigenvalue weighted by atomic mass is 19.1. The molecule has 0 aliphatic carbocycles. The molecule has 0 spiro atoms. The average Bonchev–Trinajstić information content (AvgIpc) is 2.34. The molecule has 0 saturated heterocycles. The van der Waals surface area contributed by atoms with E-state index in [1.165, 1.54) is 17.7 Å². The lowest BCUT2D eigenvalue weighted by molar-refractivity contribution is 0.0988. The van der Waals surface area contributed by atoms with Crippen molar-refractivity contribution in [2.24, 2.45) is 0 Å². The van der Waals surface area contributed by atoms with Crippen LogP contribution in [-0.4, -0.2) is 10.8 Å². The predicted molar refractivity (Wildman–Crippen MR) is 68.1 cm³/mol. The van der Waals surface area contributed by atoms with Crippen LogP contribution >= 0.6 is 0 Å². The maximum Gasteiger partial charge on any atom is 0.185 e. The monoisotopic (exact) mass is 243 g/mol. The van der Waals surface area contributed by atoms with Gasteiger partial charge in [0.25, 0.3) is 0 Å². The Bertz CT molecular complexity index is 576. The fraction of sp³-hybridized carbons (Fsp3) is 0.200. The number of nitrogens with zero attached hydrogens (tertiary/aromatic N) is 1. The van der Waals surface area contributed by atoms with Crippen LogP contribution in [0, 0.1) is 19.7 Å². The molecule has 1 aromatic heterocycles. The van der Waals surface area contributed by atoms with Crippen LogP contribution < -0.4 is 0 Å². The Hall–Kier alpha value is -2.03. The Kier molecular flexibility index (Phi) is 3.51. The van der Waals surface area contributed by atoms with Crippen LogP contribution in [0.5, 0.6) is 0 Å². The second kappa shape index (κ2) is 5.08. The fourth-order valence-electron chi connectivity index (χ4n) is 1.73. The van der Waals surface area contributed by atoms with Gasteiger partial charge in [-0.25, -0.2) is 4.39 Å². The van der Waals surface area contributed by atoms with Crippen molar-refractivity contribution in [3.05, 3.63) is 64.7 Å². The number of rotatable bonds is 3. The van der Waals surface area contributed by atoms with Gasteiger partial charge in [-0.15, -0.1) is 0 Å². The van der Waals surface area contributed by atoms with E-state index in [1.807, 2.05) is 32.0 Å². The van der Waals surface area contributed by atoms with Crippen LogP contribution in [0.1, 0.15) is 27.2 Å². The lowest BCUT2D eigenvalue weighted by atomic mass is 10.0. The Morgan fingerprint density at radius 3 is 2.56 bits per heavy atom. The third-order valence-electron chi connectivity index (χ3n) is 2.95. The molecule has 0 amide bonds. The SMILES string of the molecule is Cc1ccc(CC(=O)c2ccc(F)cn2)cc1C. The first-order valence-corrected chi connectivity index (χ1v) is 5.77. The van der Waals surface area contributed by atoms with Gasteiger partial charge in [0.2, 0.25) is 0 Å². The minimum Gasteiger partial charge on any atom is -0.292 e. The van der Waals surface area contributed by atoms with E-state index < -0.39 is 5.82 Å². The summed E-state index contributed by atoms with van der Waals surface area (Å²) in [6.07, 6.45) is 1.35. The molecule has 0 saturated carbocycles. The zero-order chi connectivity index (χ0) is 13.1. The second-order valence-corrected chi connectivity index (χ2v) is 4.38. The van der Waals surface area contributed by atoms with Crippen molar-refractivity contribution in [3.63, 3.8) is 0 Å². The van der Waals surface area contributed by atoms with Crippen molar-refractivity contribution in [2.45, 2.75) is 20.3 Å². The molecule has 2 rings (SSSR count). The maximum absolute atomic E-state index is 12.7. The van der Waals surface area contributed by atoms with Gasteiger partial charge in [0.05, 0.1) is 6.20 Å². The number of aromatic nitrogens is 1. The van der Waals surface area contributed by atoms with Gasteiger partial charge in [-0.2, -0.15) is 0 Å². The molecule has 0 unspecified atom stereocenters. The lowest BCUT2D eigenvalue weighted by Gasteiger charge is -2.04. The smallest absolute Gasteiger partial charge is 0.185 e. The van der Waals surface area contributed by atoms with Crippen LogP contribution in [0.15, 0.2) is 36.5 Å². The third-order valence-corrected chi connectivity index (χ3v) is 2.95. The van der Waals surface area contributed by atoms with Crippen molar-refractivity contribution in [1.29, 1.82) is 0 Å². The molecule has 18 heavy (non-hydrogen) atoms. The standard InChI is InChI=1S/C15H14FNO/c1-10-3-4-12(7-11(10)2)8-15(18)14-6-5-13(16)9-17-14/h3-7,9H,8H2,1-2H3. The number of halogens is 1. The number of carbonyl (C=O) groups is 1. The number of benzene rings is 1. The highest BCUT2D eigenvalue weighted by Gasteiger charge is 2.09. The largest absolute Gasteiger partial charge is 0.292 e. The van der Waals surface area contributed by atoms with Crippen molar-refractivity contribution >= 4 is 5.78 Å². The number of pyridine rings is 1. The first kappa shape index (κ1) is 12.4. The summed E-state index contributed by atoms with van der Waals surface area (Å²) in [6.45, 7) is 4.04. The molecular formula is C15H14FNO.